The number of carboxylic acid groups (broad SMARTS) is 1. The second-order valence-electron chi connectivity index (χ2n) is 23.7. The van der Waals surface area contributed by atoms with Gasteiger partial charge in [-0.3, -0.25) is 9.59 Å². The SMILES string of the molecule is CC/C=C\C/C=C\C/C=C\C/C=C\C/C=C\CCCCCCCCCCCCCCCCCCCCCCCC(=O)OC(COC(=O)CCCCCCCCCCCCCCCCCCC)COC(OCC[N+](C)(C)C)C(=O)[O-]. The maximum atomic E-state index is 12.9. The molecule has 79 heavy (non-hydrogen) atoms. The molecular weight excluding hydrogens is 983 g/mol. The van der Waals surface area contributed by atoms with Crippen LogP contribution in [0.4, 0.5) is 0 Å². The van der Waals surface area contributed by atoms with E-state index in [-0.39, 0.29) is 32.2 Å². The van der Waals surface area contributed by atoms with E-state index in [1.165, 1.54) is 212 Å². The minimum Gasteiger partial charge on any atom is -0.545 e. The molecule has 0 saturated heterocycles. The van der Waals surface area contributed by atoms with Gasteiger partial charge >= 0.3 is 11.9 Å². The number of ether oxygens (including phenoxy) is 4. The number of unbranched alkanes of at least 4 members (excludes halogenated alkanes) is 37. The number of carboxylic acids is 1. The highest BCUT2D eigenvalue weighted by Crippen LogP contribution is 2.18. The van der Waals surface area contributed by atoms with Crippen molar-refractivity contribution in [2.75, 3.05) is 47.5 Å². The third kappa shape index (κ3) is 62.4. The number of allylic oxidation sites excluding steroid dienone is 10. The van der Waals surface area contributed by atoms with Crippen molar-refractivity contribution < 1.29 is 42.9 Å². The molecule has 9 nitrogen and oxygen atoms in total. The van der Waals surface area contributed by atoms with Crippen LogP contribution in [0.2, 0.25) is 0 Å². The van der Waals surface area contributed by atoms with Crippen molar-refractivity contribution >= 4 is 17.9 Å². The number of likely N-dealkylation sites (N-methyl/N-ethyl adjacent to an activating group) is 1. The molecule has 0 N–H and O–H groups in total. The normalized spacial score (nSPS) is 13.1. The van der Waals surface area contributed by atoms with Crippen molar-refractivity contribution in [1.29, 1.82) is 0 Å². The number of hydrogen-bond donors (Lipinski definition) is 0. The van der Waals surface area contributed by atoms with Crippen LogP contribution >= 0.6 is 0 Å². The first kappa shape index (κ1) is 76.0. The molecule has 0 amide bonds. The molecule has 0 aliphatic carbocycles. The van der Waals surface area contributed by atoms with Crippen molar-refractivity contribution in [1.82, 2.24) is 0 Å². The van der Waals surface area contributed by atoms with Crippen LogP contribution in [0.25, 0.3) is 0 Å². The minimum atomic E-state index is -1.62. The van der Waals surface area contributed by atoms with Crippen molar-refractivity contribution in [3.8, 4) is 0 Å². The standard InChI is InChI=1S/C70H127NO8/c1-6-8-10-12-14-16-18-20-22-24-25-26-27-28-29-30-31-32-33-34-35-36-37-38-39-40-41-42-43-45-47-49-51-53-55-57-59-61-68(73)79-66(65-78-70(69(74)75)76-63-62-71(3,4)5)64-77-67(72)60-58-56-54-52-50-48-46-44-23-21-19-17-15-13-11-9-7-2/h8,10,14,16,20,22,25-26,28-29,66,70H,6-7,9,11-13,15,17-19,21,23-24,27,30-65H2,1-5H3/b10-8-,16-14-,22-20-,26-25-,29-28-. The molecule has 0 rings (SSSR count). The van der Waals surface area contributed by atoms with E-state index >= 15 is 0 Å². The molecule has 0 bridgehead atoms. The van der Waals surface area contributed by atoms with Crippen LogP contribution in [0.3, 0.4) is 0 Å². The number of carbonyl (C=O) groups is 3. The molecule has 460 valence electrons. The quantitative estimate of drug-likeness (QED) is 0.0195. The van der Waals surface area contributed by atoms with Gasteiger partial charge in [-0.05, 0) is 57.8 Å². The second kappa shape index (κ2) is 61.1. The van der Waals surface area contributed by atoms with Gasteiger partial charge in [-0.1, -0.05) is 299 Å². The number of carbonyl (C=O) groups excluding carboxylic acids is 3. The average molecular weight is 1110 g/mol. The number of rotatable bonds is 62. The molecule has 0 aromatic heterocycles. The lowest BCUT2D eigenvalue weighted by Gasteiger charge is -2.26. The Morgan fingerprint density at radius 1 is 0.392 bits per heavy atom. The Balaban J connectivity index is 4.01. The Morgan fingerprint density at radius 3 is 1.08 bits per heavy atom. The zero-order valence-electron chi connectivity index (χ0n) is 52.5. The van der Waals surface area contributed by atoms with Gasteiger partial charge in [-0.2, -0.15) is 0 Å². The number of quaternary nitrogens is 1. The Bertz CT molecular complexity index is 1480. The number of esters is 2. The highest BCUT2D eigenvalue weighted by atomic mass is 16.7. The van der Waals surface area contributed by atoms with E-state index in [0.29, 0.717) is 17.4 Å². The molecule has 0 spiro atoms. The molecule has 0 aromatic rings. The minimum absolute atomic E-state index is 0.150. The Kier molecular flexibility index (Phi) is 58.7. The van der Waals surface area contributed by atoms with Gasteiger partial charge in [0.25, 0.3) is 0 Å². The first-order valence-electron chi connectivity index (χ1n) is 33.4. The summed E-state index contributed by atoms with van der Waals surface area (Å²) in [6, 6.07) is 0. The maximum absolute atomic E-state index is 12.9. The van der Waals surface area contributed by atoms with Gasteiger partial charge < -0.3 is 33.3 Å². The predicted molar refractivity (Wildman–Crippen MR) is 334 cm³/mol. The first-order valence-corrected chi connectivity index (χ1v) is 33.4. The van der Waals surface area contributed by atoms with E-state index in [2.05, 4.69) is 74.6 Å². The van der Waals surface area contributed by atoms with E-state index in [4.69, 9.17) is 18.9 Å². The second-order valence-corrected chi connectivity index (χ2v) is 23.7. The van der Waals surface area contributed by atoms with Crippen LogP contribution in [0.1, 0.15) is 309 Å². The number of nitrogens with zero attached hydrogens (tertiary/aromatic N) is 1. The van der Waals surface area contributed by atoms with Gasteiger partial charge in [-0.15, -0.1) is 0 Å². The van der Waals surface area contributed by atoms with Gasteiger partial charge in [0.05, 0.1) is 40.3 Å². The molecular formula is C70H127NO8. The zero-order chi connectivity index (χ0) is 57.6. The summed E-state index contributed by atoms with van der Waals surface area (Å²) in [6.07, 6.45) is 75.9. The topological polar surface area (TPSA) is 111 Å². The van der Waals surface area contributed by atoms with Crippen LogP contribution in [-0.4, -0.2) is 82.3 Å². The van der Waals surface area contributed by atoms with E-state index < -0.39 is 24.3 Å². The fourth-order valence-electron chi connectivity index (χ4n) is 9.68. The molecule has 0 heterocycles. The molecule has 0 aliphatic rings. The molecule has 0 saturated carbocycles. The average Bonchev–Trinajstić information content (AvgIpc) is 3.42. The van der Waals surface area contributed by atoms with Gasteiger partial charge in [0, 0.05) is 12.8 Å². The Hall–Kier alpha value is -3.01. The van der Waals surface area contributed by atoms with Gasteiger partial charge in [0.2, 0.25) is 0 Å². The molecule has 0 aromatic carbocycles. The smallest absolute Gasteiger partial charge is 0.306 e. The van der Waals surface area contributed by atoms with Gasteiger partial charge in [0.1, 0.15) is 13.2 Å². The summed E-state index contributed by atoms with van der Waals surface area (Å²) in [5.74, 6) is -2.26. The number of aliphatic carboxylic acids is 1. The summed E-state index contributed by atoms with van der Waals surface area (Å²) in [4.78, 5) is 37.4. The van der Waals surface area contributed by atoms with Crippen molar-refractivity contribution in [2.24, 2.45) is 0 Å². The lowest BCUT2D eigenvalue weighted by atomic mass is 10.0. The maximum Gasteiger partial charge on any atom is 0.306 e. The lowest BCUT2D eigenvalue weighted by Crippen LogP contribution is -2.44. The Labute approximate surface area is 488 Å². The van der Waals surface area contributed by atoms with Crippen LogP contribution in [0.15, 0.2) is 60.8 Å². The van der Waals surface area contributed by atoms with E-state index in [1.54, 1.807) is 0 Å². The molecule has 9 heteroatoms. The monoisotopic (exact) mass is 1110 g/mol. The van der Waals surface area contributed by atoms with Crippen molar-refractivity contribution in [3.05, 3.63) is 60.8 Å². The summed E-state index contributed by atoms with van der Waals surface area (Å²) < 4.78 is 22.8. The van der Waals surface area contributed by atoms with Gasteiger partial charge in [0.15, 0.2) is 12.4 Å². The summed E-state index contributed by atoms with van der Waals surface area (Å²) in [5.41, 5.74) is 0. The van der Waals surface area contributed by atoms with Crippen LogP contribution < -0.4 is 5.11 Å². The third-order valence-electron chi connectivity index (χ3n) is 14.8. The summed E-state index contributed by atoms with van der Waals surface area (Å²) in [5, 5.41) is 11.8. The first-order chi connectivity index (χ1) is 38.6. The predicted octanol–water partition coefficient (Wildman–Crippen LogP) is 19.0. The Morgan fingerprint density at radius 2 is 0.722 bits per heavy atom. The summed E-state index contributed by atoms with van der Waals surface area (Å²) in [7, 11) is 5.94. The van der Waals surface area contributed by atoms with Crippen LogP contribution in [-0.2, 0) is 33.3 Å². The molecule has 2 atom stereocenters. The lowest BCUT2D eigenvalue weighted by molar-refractivity contribution is -0.870. The third-order valence-corrected chi connectivity index (χ3v) is 14.8. The fourth-order valence-corrected chi connectivity index (χ4v) is 9.68. The highest BCUT2D eigenvalue weighted by Gasteiger charge is 2.22. The fraction of sp³-hybridized carbons (Fsp3) is 0.814. The molecule has 2 unspecified atom stereocenters. The molecule has 0 aliphatic heterocycles. The van der Waals surface area contributed by atoms with Crippen LogP contribution in [0, 0.1) is 0 Å². The highest BCUT2D eigenvalue weighted by molar-refractivity contribution is 5.70. The van der Waals surface area contributed by atoms with Crippen molar-refractivity contribution in [2.45, 2.75) is 322 Å². The van der Waals surface area contributed by atoms with Gasteiger partial charge in [-0.25, -0.2) is 0 Å². The number of hydrogen-bond acceptors (Lipinski definition) is 8. The van der Waals surface area contributed by atoms with E-state index in [9.17, 15) is 19.5 Å². The molecule has 0 radical (unpaired) electrons. The summed E-state index contributed by atoms with van der Waals surface area (Å²) >= 11 is 0. The van der Waals surface area contributed by atoms with Crippen molar-refractivity contribution in [3.63, 3.8) is 0 Å². The van der Waals surface area contributed by atoms with E-state index in [0.717, 1.165) is 70.6 Å². The largest absolute Gasteiger partial charge is 0.545 e. The molecule has 0 fully saturated rings. The zero-order valence-corrected chi connectivity index (χ0v) is 52.5. The van der Waals surface area contributed by atoms with E-state index in [1.807, 2.05) is 21.1 Å². The van der Waals surface area contributed by atoms with Crippen LogP contribution in [0.5, 0.6) is 0 Å². The summed E-state index contributed by atoms with van der Waals surface area (Å²) in [6.45, 7) is 4.68.